The Morgan fingerprint density at radius 2 is 2.36 bits per heavy atom. The van der Waals surface area contributed by atoms with Crippen molar-refractivity contribution in [2.24, 2.45) is 0 Å². The molecule has 7 heteroatoms. The maximum Gasteiger partial charge on any atom is 0.289 e. The average Bonchev–Trinajstić information content (AvgIpc) is 3.04. The number of nitrogens with one attached hydrogen (secondary N) is 1. The van der Waals surface area contributed by atoms with Gasteiger partial charge in [0.05, 0.1) is 25.5 Å². The minimum atomic E-state index is -0.388. The van der Waals surface area contributed by atoms with Crippen molar-refractivity contribution in [3.05, 3.63) is 48.4 Å². The third-order valence-corrected chi connectivity index (χ3v) is 3.35. The molecule has 1 aromatic carbocycles. The first-order chi connectivity index (χ1) is 10.7. The zero-order valence-corrected chi connectivity index (χ0v) is 11.7. The lowest BCUT2D eigenvalue weighted by Gasteiger charge is -2.32. The van der Waals surface area contributed by atoms with Crippen molar-refractivity contribution in [2.45, 2.75) is 18.6 Å². The predicted molar refractivity (Wildman–Crippen MR) is 74.0 cm³/mol. The highest BCUT2D eigenvalue weighted by Gasteiger charge is 2.30. The van der Waals surface area contributed by atoms with Gasteiger partial charge in [0.25, 0.3) is 5.91 Å². The van der Waals surface area contributed by atoms with Gasteiger partial charge in [0, 0.05) is 12.5 Å². The Hall–Kier alpha value is -2.41. The molecule has 2 atom stereocenters. The molecule has 3 rings (SSSR count). The van der Waals surface area contributed by atoms with E-state index in [2.05, 4.69) is 10.3 Å². The van der Waals surface area contributed by atoms with E-state index in [9.17, 15) is 9.18 Å². The number of carbonyl (C=O) groups excluding carboxylic acids is 1. The predicted octanol–water partition coefficient (Wildman–Crippen LogP) is 1.78. The highest BCUT2D eigenvalue weighted by Crippen LogP contribution is 2.19. The third kappa shape index (κ3) is 3.43. The average molecular weight is 306 g/mol. The Bertz CT molecular complexity index is 632. The summed E-state index contributed by atoms with van der Waals surface area (Å²) in [4.78, 5) is 15.7. The molecule has 1 N–H and O–H groups in total. The summed E-state index contributed by atoms with van der Waals surface area (Å²) >= 11 is 0. The van der Waals surface area contributed by atoms with Gasteiger partial charge in [0.1, 0.15) is 17.7 Å². The number of rotatable bonds is 4. The molecular formula is C15H15FN2O4. The number of amides is 1. The molecule has 0 aliphatic carbocycles. The van der Waals surface area contributed by atoms with Gasteiger partial charge in [0.15, 0.2) is 6.39 Å². The van der Waals surface area contributed by atoms with Crippen LogP contribution < -0.4 is 10.1 Å². The number of hydrogen-bond acceptors (Lipinski definition) is 5. The SMILES string of the molecule is O=C(N[C@@H]1COCC[C@@H]1Oc1cccc(F)c1)c1cnco1. The van der Waals surface area contributed by atoms with E-state index in [4.69, 9.17) is 13.9 Å². The van der Waals surface area contributed by atoms with Gasteiger partial charge in [-0.1, -0.05) is 6.07 Å². The van der Waals surface area contributed by atoms with Gasteiger partial charge in [-0.05, 0) is 12.1 Å². The third-order valence-electron chi connectivity index (χ3n) is 3.35. The summed E-state index contributed by atoms with van der Waals surface area (Å²) in [7, 11) is 0. The van der Waals surface area contributed by atoms with Crippen molar-refractivity contribution in [1.29, 1.82) is 0 Å². The van der Waals surface area contributed by atoms with E-state index in [1.165, 1.54) is 24.7 Å². The summed E-state index contributed by atoms with van der Waals surface area (Å²) in [5, 5.41) is 2.79. The van der Waals surface area contributed by atoms with Gasteiger partial charge in [-0.25, -0.2) is 9.37 Å². The van der Waals surface area contributed by atoms with Crippen LogP contribution in [0.2, 0.25) is 0 Å². The van der Waals surface area contributed by atoms with E-state index in [1.807, 2.05) is 0 Å². The van der Waals surface area contributed by atoms with Gasteiger partial charge in [-0.15, -0.1) is 0 Å². The molecule has 0 spiro atoms. The van der Waals surface area contributed by atoms with Crippen molar-refractivity contribution in [3.63, 3.8) is 0 Å². The van der Waals surface area contributed by atoms with Crippen LogP contribution in [0.5, 0.6) is 5.75 Å². The minimum Gasteiger partial charge on any atom is -0.488 e. The molecule has 22 heavy (non-hydrogen) atoms. The van der Waals surface area contributed by atoms with Crippen LogP contribution in [-0.4, -0.2) is 36.3 Å². The van der Waals surface area contributed by atoms with E-state index in [0.29, 0.717) is 25.4 Å². The lowest BCUT2D eigenvalue weighted by Crippen LogP contribution is -2.51. The Kier molecular flexibility index (Phi) is 4.34. The summed E-state index contributed by atoms with van der Waals surface area (Å²) in [5.74, 6) is -0.214. The molecule has 1 aliphatic heterocycles. The second kappa shape index (κ2) is 6.57. The fraction of sp³-hybridized carbons (Fsp3) is 0.333. The van der Waals surface area contributed by atoms with Crippen LogP contribution in [0, 0.1) is 5.82 Å². The van der Waals surface area contributed by atoms with Crippen LogP contribution in [-0.2, 0) is 4.74 Å². The van der Waals surface area contributed by atoms with Crippen LogP contribution in [0.4, 0.5) is 4.39 Å². The van der Waals surface area contributed by atoms with Crippen molar-refractivity contribution in [2.75, 3.05) is 13.2 Å². The lowest BCUT2D eigenvalue weighted by atomic mass is 10.1. The van der Waals surface area contributed by atoms with Crippen LogP contribution in [0.15, 0.2) is 41.3 Å². The van der Waals surface area contributed by atoms with Gasteiger partial charge >= 0.3 is 0 Å². The van der Waals surface area contributed by atoms with Crippen molar-refractivity contribution in [3.8, 4) is 5.75 Å². The summed E-state index contributed by atoms with van der Waals surface area (Å²) in [6.07, 6.45) is 2.81. The molecule has 2 aromatic rings. The minimum absolute atomic E-state index is 0.120. The number of hydrogen-bond donors (Lipinski definition) is 1. The monoisotopic (exact) mass is 306 g/mol. The number of carbonyl (C=O) groups is 1. The van der Waals surface area contributed by atoms with Crippen LogP contribution in [0.3, 0.4) is 0 Å². The molecule has 0 bridgehead atoms. The Labute approximate surface area is 126 Å². The Morgan fingerprint density at radius 3 is 3.14 bits per heavy atom. The number of aromatic nitrogens is 1. The number of oxazole rings is 1. The van der Waals surface area contributed by atoms with Crippen molar-refractivity contribution in [1.82, 2.24) is 10.3 Å². The number of halogens is 1. The molecule has 2 heterocycles. The summed E-state index contributed by atoms with van der Waals surface area (Å²) in [5.41, 5.74) is 0. The van der Waals surface area contributed by atoms with E-state index in [1.54, 1.807) is 12.1 Å². The highest BCUT2D eigenvalue weighted by atomic mass is 19.1. The summed E-state index contributed by atoms with van der Waals surface area (Å²) in [6.45, 7) is 0.842. The second-order valence-electron chi connectivity index (χ2n) is 4.92. The fourth-order valence-electron chi connectivity index (χ4n) is 2.28. The molecule has 1 saturated heterocycles. The molecule has 6 nitrogen and oxygen atoms in total. The molecule has 1 amide bonds. The number of ether oxygens (including phenoxy) is 2. The molecule has 0 saturated carbocycles. The molecule has 1 fully saturated rings. The molecule has 1 aliphatic rings. The Balaban J connectivity index is 1.67. The zero-order valence-electron chi connectivity index (χ0n) is 11.7. The van der Waals surface area contributed by atoms with E-state index in [-0.39, 0.29) is 29.6 Å². The van der Waals surface area contributed by atoms with E-state index < -0.39 is 0 Å². The van der Waals surface area contributed by atoms with Crippen LogP contribution in [0.25, 0.3) is 0 Å². The molecule has 0 unspecified atom stereocenters. The van der Waals surface area contributed by atoms with Gasteiger partial charge in [0.2, 0.25) is 5.76 Å². The summed E-state index contributed by atoms with van der Waals surface area (Å²) in [6, 6.07) is 5.56. The fourth-order valence-corrected chi connectivity index (χ4v) is 2.28. The van der Waals surface area contributed by atoms with Gasteiger partial charge < -0.3 is 19.2 Å². The van der Waals surface area contributed by atoms with E-state index in [0.717, 1.165) is 0 Å². The van der Waals surface area contributed by atoms with Crippen molar-refractivity contribution >= 4 is 5.91 Å². The van der Waals surface area contributed by atoms with E-state index >= 15 is 0 Å². The van der Waals surface area contributed by atoms with Crippen molar-refractivity contribution < 1.29 is 23.1 Å². The van der Waals surface area contributed by atoms with Crippen LogP contribution >= 0.6 is 0 Å². The maximum absolute atomic E-state index is 13.2. The zero-order chi connectivity index (χ0) is 15.4. The lowest BCUT2D eigenvalue weighted by molar-refractivity contribution is -0.00330. The van der Waals surface area contributed by atoms with Crippen LogP contribution in [0.1, 0.15) is 17.0 Å². The van der Waals surface area contributed by atoms with Gasteiger partial charge in [-0.2, -0.15) is 0 Å². The topological polar surface area (TPSA) is 73.6 Å². The molecule has 0 radical (unpaired) electrons. The number of nitrogens with zero attached hydrogens (tertiary/aromatic N) is 1. The molecule has 1 aromatic heterocycles. The molecule has 116 valence electrons. The first-order valence-corrected chi connectivity index (χ1v) is 6.92. The standard InChI is InChI=1S/C15H15FN2O4/c16-10-2-1-3-11(6-10)22-13-4-5-20-8-12(13)18-15(19)14-7-17-9-21-14/h1-3,6-7,9,12-13H,4-5,8H2,(H,18,19)/t12-,13+/m1/s1. The normalized spacial score (nSPS) is 21.3. The first-order valence-electron chi connectivity index (χ1n) is 6.92. The van der Waals surface area contributed by atoms with Gasteiger partial charge in [-0.3, -0.25) is 4.79 Å². The Morgan fingerprint density at radius 1 is 1.45 bits per heavy atom. The highest BCUT2D eigenvalue weighted by molar-refractivity contribution is 5.91. The maximum atomic E-state index is 13.2. The first kappa shape index (κ1) is 14.5. The quantitative estimate of drug-likeness (QED) is 0.932. The smallest absolute Gasteiger partial charge is 0.289 e. The number of benzene rings is 1. The largest absolute Gasteiger partial charge is 0.488 e. The molecular weight excluding hydrogens is 291 g/mol. The second-order valence-corrected chi connectivity index (χ2v) is 4.92. The summed E-state index contributed by atoms with van der Waals surface area (Å²) < 4.78 is 29.3.